The van der Waals surface area contributed by atoms with Crippen molar-refractivity contribution in [1.29, 1.82) is 0 Å². The summed E-state index contributed by atoms with van der Waals surface area (Å²) in [6.45, 7) is 8.97. The largest absolute Gasteiger partial charge is 0.462 e. The summed E-state index contributed by atoms with van der Waals surface area (Å²) >= 11 is 0. The zero-order valence-electron chi connectivity index (χ0n) is 38.1. The van der Waals surface area contributed by atoms with Gasteiger partial charge in [-0.15, -0.1) is 0 Å². The molecular weight excluding hydrogens is 697 g/mol. The van der Waals surface area contributed by atoms with Crippen LogP contribution < -0.4 is 0 Å². The second kappa shape index (κ2) is 44.5. The number of unbranched alkanes of at least 4 members (excludes halogenated alkanes) is 32. The van der Waals surface area contributed by atoms with Gasteiger partial charge in [0, 0.05) is 19.3 Å². The summed E-state index contributed by atoms with van der Waals surface area (Å²) in [6.07, 6.45) is 45.3. The van der Waals surface area contributed by atoms with Gasteiger partial charge in [0.2, 0.25) is 0 Å². The quantitative estimate of drug-likeness (QED) is 0.0347. The predicted molar refractivity (Wildman–Crippen MR) is 238 cm³/mol. The number of esters is 3. The van der Waals surface area contributed by atoms with E-state index in [9.17, 15) is 14.4 Å². The molecule has 0 heterocycles. The van der Waals surface area contributed by atoms with E-state index >= 15 is 0 Å². The summed E-state index contributed by atoms with van der Waals surface area (Å²) in [5, 5.41) is 0. The van der Waals surface area contributed by atoms with Crippen LogP contribution in [0.5, 0.6) is 0 Å². The average Bonchev–Trinajstić information content (AvgIpc) is 3.18. The first-order valence-corrected chi connectivity index (χ1v) is 24.9. The number of ether oxygens (including phenoxy) is 3. The third-order valence-corrected chi connectivity index (χ3v) is 11.3. The monoisotopic (exact) mass is 793 g/mol. The molecule has 56 heavy (non-hydrogen) atoms. The van der Waals surface area contributed by atoms with Gasteiger partial charge < -0.3 is 14.2 Å². The van der Waals surface area contributed by atoms with Crippen molar-refractivity contribution in [3.63, 3.8) is 0 Å². The summed E-state index contributed by atoms with van der Waals surface area (Å²) in [5.74, 6) is -0.0371. The highest BCUT2D eigenvalue weighted by Crippen LogP contribution is 2.17. The molecule has 0 saturated carbocycles. The molecule has 0 aliphatic rings. The lowest BCUT2D eigenvalue weighted by molar-refractivity contribution is -0.167. The highest BCUT2D eigenvalue weighted by atomic mass is 16.6. The first-order chi connectivity index (χ1) is 27.4. The van der Waals surface area contributed by atoms with Crippen LogP contribution in [0, 0.1) is 5.92 Å². The van der Waals surface area contributed by atoms with Crippen LogP contribution in [0.3, 0.4) is 0 Å². The number of rotatable bonds is 45. The Morgan fingerprint density at radius 2 is 0.589 bits per heavy atom. The first kappa shape index (κ1) is 54.4. The highest BCUT2D eigenvalue weighted by molar-refractivity contribution is 5.71. The van der Waals surface area contributed by atoms with E-state index in [1.165, 1.54) is 173 Å². The van der Waals surface area contributed by atoms with E-state index in [1.807, 2.05) is 0 Å². The van der Waals surface area contributed by atoms with Gasteiger partial charge in [0.1, 0.15) is 13.2 Å². The van der Waals surface area contributed by atoms with Crippen LogP contribution in [0.2, 0.25) is 0 Å². The minimum absolute atomic E-state index is 0.0638. The fraction of sp³-hybridized carbons (Fsp3) is 0.940. The Labute approximate surface area is 348 Å². The van der Waals surface area contributed by atoms with E-state index < -0.39 is 6.10 Å². The molecule has 0 aromatic heterocycles. The van der Waals surface area contributed by atoms with Crippen molar-refractivity contribution in [2.24, 2.45) is 5.92 Å². The lowest BCUT2D eigenvalue weighted by Crippen LogP contribution is -2.30. The van der Waals surface area contributed by atoms with Crippen LogP contribution in [0.1, 0.15) is 278 Å². The number of hydrogen-bond acceptors (Lipinski definition) is 6. The van der Waals surface area contributed by atoms with Gasteiger partial charge in [-0.3, -0.25) is 14.4 Å². The minimum Gasteiger partial charge on any atom is -0.462 e. The van der Waals surface area contributed by atoms with Gasteiger partial charge in [0.05, 0.1) is 0 Å². The summed E-state index contributed by atoms with van der Waals surface area (Å²) in [6, 6.07) is 0. The lowest BCUT2D eigenvalue weighted by Gasteiger charge is -2.18. The Bertz CT molecular complexity index is 841. The SMILES string of the molecule is CCCCCCCCCCCCCCCCCCCCC(=O)OC[C@H](COC(=O)CCCCCCCCCCCCC(C)C)OC(=O)CCCCCCCCC. The Kier molecular flexibility index (Phi) is 43.2. The van der Waals surface area contributed by atoms with Gasteiger partial charge >= 0.3 is 17.9 Å². The number of hydrogen-bond donors (Lipinski definition) is 0. The van der Waals surface area contributed by atoms with Gasteiger partial charge in [0.25, 0.3) is 0 Å². The Morgan fingerprint density at radius 3 is 0.875 bits per heavy atom. The highest BCUT2D eigenvalue weighted by Gasteiger charge is 2.19. The number of carbonyl (C=O) groups excluding carboxylic acids is 3. The zero-order valence-corrected chi connectivity index (χ0v) is 38.1. The minimum atomic E-state index is -0.759. The van der Waals surface area contributed by atoms with Crippen LogP contribution >= 0.6 is 0 Å². The average molecular weight is 793 g/mol. The maximum atomic E-state index is 12.6. The van der Waals surface area contributed by atoms with E-state index in [4.69, 9.17) is 14.2 Å². The molecule has 0 aliphatic carbocycles. The molecule has 0 aliphatic heterocycles. The molecule has 0 unspecified atom stereocenters. The maximum Gasteiger partial charge on any atom is 0.306 e. The van der Waals surface area contributed by atoms with Crippen molar-refractivity contribution >= 4 is 17.9 Å². The molecule has 0 spiro atoms. The summed E-state index contributed by atoms with van der Waals surface area (Å²) in [4.78, 5) is 37.7. The van der Waals surface area contributed by atoms with Crippen molar-refractivity contribution in [3.8, 4) is 0 Å². The molecular formula is C50H96O6. The normalized spacial score (nSPS) is 11.9. The fourth-order valence-corrected chi connectivity index (χ4v) is 7.51. The summed E-state index contributed by atoms with van der Waals surface area (Å²) < 4.78 is 16.7. The van der Waals surface area contributed by atoms with Crippen molar-refractivity contribution in [1.82, 2.24) is 0 Å². The molecule has 1 atom stereocenters. The second-order valence-corrected chi connectivity index (χ2v) is 17.6. The predicted octanol–water partition coefficient (Wildman–Crippen LogP) is 15.9. The smallest absolute Gasteiger partial charge is 0.306 e. The maximum absolute atomic E-state index is 12.6. The molecule has 0 rings (SSSR count). The lowest BCUT2D eigenvalue weighted by atomic mass is 10.0. The third-order valence-electron chi connectivity index (χ3n) is 11.3. The van der Waals surface area contributed by atoms with E-state index in [2.05, 4.69) is 27.7 Å². The molecule has 6 heteroatoms. The summed E-state index contributed by atoms with van der Waals surface area (Å²) in [7, 11) is 0. The van der Waals surface area contributed by atoms with Gasteiger partial charge in [0.15, 0.2) is 6.10 Å². The Morgan fingerprint density at radius 1 is 0.339 bits per heavy atom. The Hall–Kier alpha value is -1.59. The summed E-state index contributed by atoms with van der Waals surface area (Å²) in [5.41, 5.74) is 0. The standard InChI is InChI=1S/C50H96O6/c1-5-7-9-11-13-14-15-16-17-18-19-20-21-22-26-30-33-37-41-48(51)54-44-47(56-50(53)43-39-35-28-12-10-8-6-2)45-55-49(52)42-38-34-31-27-24-23-25-29-32-36-40-46(3)4/h46-47H,5-45H2,1-4H3/t47-/m1/s1. The van der Waals surface area contributed by atoms with Crippen molar-refractivity contribution < 1.29 is 28.6 Å². The van der Waals surface area contributed by atoms with Crippen LogP contribution in [-0.2, 0) is 28.6 Å². The Balaban J connectivity index is 4.16. The van der Waals surface area contributed by atoms with Gasteiger partial charge in [-0.1, -0.05) is 240 Å². The molecule has 0 amide bonds. The third kappa shape index (κ3) is 43.5. The second-order valence-electron chi connectivity index (χ2n) is 17.6. The van der Waals surface area contributed by atoms with Crippen LogP contribution in [0.15, 0.2) is 0 Å². The van der Waals surface area contributed by atoms with Crippen LogP contribution in [0.25, 0.3) is 0 Å². The number of carbonyl (C=O) groups is 3. The molecule has 0 N–H and O–H groups in total. The molecule has 0 saturated heterocycles. The van der Waals surface area contributed by atoms with Gasteiger partial charge in [-0.2, -0.15) is 0 Å². The fourth-order valence-electron chi connectivity index (χ4n) is 7.51. The van der Waals surface area contributed by atoms with Crippen molar-refractivity contribution in [3.05, 3.63) is 0 Å². The molecule has 0 aromatic carbocycles. The van der Waals surface area contributed by atoms with Gasteiger partial charge in [-0.05, 0) is 25.2 Å². The topological polar surface area (TPSA) is 78.9 Å². The van der Waals surface area contributed by atoms with Crippen LogP contribution in [-0.4, -0.2) is 37.2 Å². The molecule has 332 valence electrons. The van der Waals surface area contributed by atoms with E-state index in [0.717, 1.165) is 63.7 Å². The molecule has 0 fully saturated rings. The molecule has 0 radical (unpaired) electrons. The van der Waals surface area contributed by atoms with Crippen molar-refractivity contribution in [2.75, 3.05) is 13.2 Å². The van der Waals surface area contributed by atoms with E-state index in [1.54, 1.807) is 0 Å². The van der Waals surface area contributed by atoms with Crippen molar-refractivity contribution in [2.45, 2.75) is 284 Å². The zero-order chi connectivity index (χ0) is 41.0. The molecule has 0 bridgehead atoms. The van der Waals surface area contributed by atoms with Gasteiger partial charge in [-0.25, -0.2) is 0 Å². The van der Waals surface area contributed by atoms with E-state index in [0.29, 0.717) is 19.3 Å². The molecule has 6 nitrogen and oxygen atoms in total. The van der Waals surface area contributed by atoms with Crippen LogP contribution in [0.4, 0.5) is 0 Å². The first-order valence-electron chi connectivity index (χ1n) is 24.9. The molecule has 0 aromatic rings. The van der Waals surface area contributed by atoms with E-state index in [-0.39, 0.29) is 31.1 Å².